The Kier molecular flexibility index (Phi) is 5.65. The van der Waals surface area contributed by atoms with E-state index in [4.69, 9.17) is 9.47 Å². The van der Waals surface area contributed by atoms with E-state index in [0.29, 0.717) is 46.0 Å². The standard InChI is InChI=1S/C22H24BrN3O5/c1-4-30-17-10-13(15(23)11-18(17)31-5-2)19-12(3)25-22(20(19)26(28)29)14-8-6-7-9-16(14)24-21(22)27/h6-12,19-20,25H,4-5H2,1-3H3,(H,24,27)/t12-,19-,20+,22-/m0/s1. The number of benzene rings is 2. The number of hydrogen-bond donors (Lipinski definition) is 2. The molecule has 164 valence electrons. The summed E-state index contributed by atoms with van der Waals surface area (Å²) in [4.78, 5) is 25.3. The number of para-hydroxylation sites is 1. The molecule has 2 N–H and O–H groups in total. The maximum Gasteiger partial charge on any atom is 0.256 e. The Morgan fingerprint density at radius 1 is 1.16 bits per heavy atom. The maximum absolute atomic E-state index is 13.2. The Labute approximate surface area is 188 Å². The second-order valence-corrected chi connectivity index (χ2v) is 8.54. The number of carbonyl (C=O) groups is 1. The number of fused-ring (bicyclic) bond motifs is 2. The lowest BCUT2D eigenvalue weighted by Gasteiger charge is -2.26. The Morgan fingerprint density at radius 2 is 1.81 bits per heavy atom. The first kappa shape index (κ1) is 21.6. The van der Waals surface area contributed by atoms with Crippen molar-refractivity contribution in [2.24, 2.45) is 0 Å². The smallest absolute Gasteiger partial charge is 0.256 e. The molecule has 31 heavy (non-hydrogen) atoms. The predicted octanol–water partition coefficient (Wildman–Crippen LogP) is 3.81. The molecule has 0 bridgehead atoms. The first-order valence-corrected chi connectivity index (χ1v) is 11.1. The topological polar surface area (TPSA) is 103 Å². The average molecular weight is 490 g/mol. The molecule has 0 radical (unpaired) electrons. The lowest BCUT2D eigenvalue weighted by Crippen LogP contribution is -2.54. The highest BCUT2D eigenvalue weighted by Gasteiger charge is 2.67. The van der Waals surface area contributed by atoms with Crippen molar-refractivity contribution >= 4 is 27.5 Å². The van der Waals surface area contributed by atoms with Gasteiger partial charge < -0.3 is 14.8 Å². The molecule has 0 saturated carbocycles. The van der Waals surface area contributed by atoms with Gasteiger partial charge in [-0.2, -0.15) is 0 Å². The number of rotatable bonds is 6. The third-order valence-corrected chi connectivity index (χ3v) is 6.67. The molecule has 2 aromatic rings. The van der Waals surface area contributed by atoms with Crippen LogP contribution in [-0.4, -0.2) is 36.1 Å². The molecule has 1 fully saturated rings. The van der Waals surface area contributed by atoms with Gasteiger partial charge in [0, 0.05) is 26.7 Å². The molecular formula is C22H24BrN3O5. The van der Waals surface area contributed by atoms with Crippen LogP contribution in [0.1, 0.15) is 37.8 Å². The van der Waals surface area contributed by atoms with E-state index in [1.165, 1.54) is 0 Å². The number of nitrogens with one attached hydrogen (secondary N) is 2. The van der Waals surface area contributed by atoms with Crippen molar-refractivity contribution in [3.63, 3.8) is 0 Å². The zero-order valence-electron chi connectivity index (χ0n) is 17.5. The molecule has 8 nitrogen and oxygen atoms in total. The minimum Gasteiger partial charge on any atom is -0.490 e. The summed E-state index contributed by atoms with van der Waals surface area (Å²) in [6.07, 6.45) is 0. The molecular weight excluding hydrogens is 466 g/mol. The first-order chi connectivity index (χ1) is 14.8. The molecule has 4 atom stereocenters. The Hall–Kier alpha value is -2.65. The summed E-state index contributed by atoms with van der Waals surface area (Å²) in [5.74, 6) is 0.0944. The summed E-state index contributed by atoms with van der Waals surface area (Å²) in [6, 6.07) is 9.12. The van der Waals surface area contributed by atoms with Gasteiger partial charge in [-0.05, 0) is 44.5 Å². The van der Waals surface area contributed by atoms with Gasteiger partial charge in [0.15, 0.2) is 17.0 Å². The zero-order chi connectivity index (χ0) is 22.3. The molecule has 1 saturated heterocycles. The van der Waals surface area contributed by atoms with Gasteiger partial charge in [-0.15, -0.1) is 0 Å². The van der Waals surface area contributed by atoms with Gasteiger partial charge in [0.1, 0.15) is 0 Å². The van der Waals surface area contributed by atoms with Crippen molar-refractivity contribution in [3.8, 4) is 11.5 Å². The third kappa shape index (κ3) is 3.27. The minimum atomic E-state index is -1.45. The summed E-state index contributed by atoms with van der Waals surface area (Å²) in [5.41, 5.74) is 0.444. The highest BCUT2D eigenvalue weighted by Crippen LogP contribution is 2.51. The summed E-state index contributed by atoms with van der Waals surface area (Å²) in [5, 5.41) is 18.6. The van der Waals surface area contributed by atoms with Crippen LogP contribution in [0, 0.1) is 10.1 Å². The van der Waals surface area contributed by atoms with Gasteiger partial charge in [-0.3, -0.25) is 20.2 Å². The van der Waals surface area contributed by atoms with E-state index < -0.39 is 23.4 Å². The van der Waals surface area contributed by atoms with Crippen LogP contribution in [0.4, 0.5) is 5.69 Å². The van der Waals surface area contributed by atoms with Gasteiger partial charge in [0.2, 0.25) is 0 Å². The number of anilines is 1. The highest BCUT2D eigenvalue weighted by molar-refractivity contribution is 9.10. The summed E-state index contributed by atoms with van der Waals surface area (Å²) >= 11 is 3.57. The van der Waals surface area contributed by atoms with Crippen molar-refractivity contribution in [1.82, 2.24) is 5.32 Å². The molecule has 2 heterocycles. The van der Waals surface area contributed by atoms with Gasteiger partial charge in [-0.25, -0.2) is 0 Å². The number of halogens is 1. The van der Waals surface area contributed by atoms with Gasteiger partial charge in [-0.1, -0.05) is 34.1 Å². The Balaban J connectivity index is 1.88. The quantitative estimate of drug-likeness (QED) is 0.472. The van der Waals surface area contributed by atoms with E-state index >= 15 is 0 Å². The van der Waals surface area contributed by atoms with Crippen LogP contribution in [-0.2, 0) is 10.3 Å². The van der Waals surface area contributed by atoms with Crippen molar-refractivity contribution in [2.75, 3.05) is 18.5 Å². The molecule has 9 heteroatoms. The first-order valence-electron chi connectivity index (χ1n) is 10.3. The largest absolute Gasteiger partial charge is 0.490 e. The summed E-state index contributed by atoms with van der Waals surface area (Å²) < 4.78 is 12.1. The van der Waals surface area contributed by atoms with Crippen LogP contribution >= 0.6 is 15.9 Å². The molecule has 1 spiro atoms. The fourth-order valence-electron chi connectivity index (χ4n) is 4.86. The number of nitro groups is 1. The lowest BCUT2D eigenvalue weighted by atomic mass is 9.78. The maximum atomic E-state index is 13.2. The van der Waals surface area contributed by atoms with Crippen molar-refractivity contribution < 1.29 is 19.2 Å². The lowest BCUT2D eigenvalue weighted by molar-refractivity contribution is -0.532. The number of hydrogen-bond acceptors (Lipinski definition) is 6. The van der Waals surface area contributed by atoms with Crippen LogP contribution in [0.5, 0.6) is 11.5 Å². The van der Waals surface area contributed by atoms with E-state index in [1.807, 2.05) is 20.8 Å². The number of carbonyl (C=O) groups excluding carboxylic acids is 1. The normalized spacial score (nSPS) is 26.6. The Bertz CT molecular complexity index is 1050. The molecule has 0 aliphatic carbocycles. The molecule has 2 aliphatic heterocycles. The number of nitrogens with zero attached hydrogens (tertiary/aromatic N) is 1. The fourth-order valence-corrected chi connectivity index (χ4v) is 5.45. The second kappa shape index (κ2) is 8.12. The molecule has 2 aromatic carbocycles. The van der Waals surface area contributed by atoms with Crippen LogP contribution in [0.2, 0.25) is 0 Å². The minimum absolute atomic E-state index is 0.341. The van der Waals surface area contributed by atoms with E-state index in [1.54, 1.807) is 36.4 Å². The van der Waals surface area contributed by atoms with Crippen LogP contribution < -0.4 is 20.1 Å². The molecule has 2 aliphatic rings. The second-order valence-electron chi connectivity index (χ2n) is 7.68. The molecule has 1 amide bonds. The monoisotopic (exact) mass is 489 g/mol. The number of ether oxygens (including phenoxy) is 2. The van der Waals surface area contributed by atoms with Gasteiger partial charge in [0.05, 0.1) is 19.1 Å². The van der Waals surface area contributed by atoms with Crippen molar-refractivity contribution in [3.05, 3.63) is 62.1 Å². The Morgan fingerprint density at radius 3 is 2.45 bits per heavy atom. The van der Waals surface area contributed by atoms with E-state index in [9.17, 15) is 14.9 Å². The van der Waals surface area contributed by atoms with E-state index in [-0.39, 0.29) is 11.0 Å². The molecule has 0 aromatic heterocycles. The van der Waals surface area contributed by atoms with Crippen LogP contribution in [0.3, 0.4) is 0 Å². The van der Waals surface area contributed by atoms with Crippen molar-refractivity contribution in [1.29, 1.82) is 0 Å². The van der Waals surface area contributed by atoms with Crippen LogP contribution in [0.25, 0.3) is 0 Å². The van der Waals surface area contributed by atoms with Gasteiger partial charge in [0.25, 0.3) is 11.9 Å². The highest BCUT2D eigenvalue weighted by atomic mass is 79.9. The van der Waals surface area contributed by atoms with Crippen LogP contribution in [0.15, 0.2) is 40.9 Å². The predicted molar refractivity (Wildman–Crippen MR) is 119 cm³/mol. The summed E-state index contributed by atoms with van der Waals surface area (Å²) in [7, 11) is 0. The SMILES string of the molecule is CCOc1cc(Br)c([C@@H]2[C@H](C)N[C@]3(C(=O)Nc4ccccc43)[C@@H]2[N+](=O)[O-])cc1OCC. The van der Waals surface area contributed by atoms with E-state index in [2.05, 4.69) is 26.6 Å². The fraction of sp³-hybridized carbons (Fsp3) is 0.409. The zero-order valence-corrected chi connectivity index (χ0v) is 19.1. The van der Waals surface area contributed by atoms with Crippen molar-refractivity contribution in [2.45, 2.75) is 44.3 Å². The van der Waals surface area contributed by atoms with E-state index in [0.717, 1.165) is 0 Å². The molecule has 0 unspecified atom stereocenters. The molecule has 4 rings (SSSR count). The summed E-state index contributed by atoms with van der Waals surface area (Å²) in [6.45, 7) is 6.51. The number of amides is 1. The third-order valence-electron chi connectivity index (χ3n) is 5.99. The van der Waals surface area contributed by atoms with Gasteiger partial charge >= 0.3 is 0 Å². The average Bonchev–Trinajstić information content (AvgIpc) is 3.18.